The third-order valence-electron chi connectivity index (χ3n) is 3.08. The summed E-state index contributed by atoms with van der Waals surface area (Å²) in [6.45, 7) is 3.94. The van der Waals surface area contributed by atoms with Gasteiger partial charge in [0.25, 0.3) is 0 Å². The Balaban J connectivity index is 2.02. The second-order valence-electron chi connectivity index (χ2n) is 4.53. The van der Waals surface area contributed by atoms with Crippen molar-refractivity contribution >= 4 is 43.8 Å². The Morgan fingerprint density at radius 2 is 2.05 bits per heavy atom. The van der Waals surface area contributed by atoms with Gasteiger partial charge in [0.15, 0.2) is 4.96 Å². The van der Waals surface area contributed by atoms with E-state index in [4.69, 9.17) is 16.3 Å². The van der Waals surface area contributed by atoms with Crippen LogP contribution in [0.1, 0.15) is 16.8 Å². The lowest BCUT2D eigenvalue weighted by atomic mass is 10.1. The molecule has 0 saturated carbocycles. The molecule has 0 fully saturated rings. The average molecular weight is 372 g/mol. The number of fused-ring (bicyclic) bond motifs is 1. The fraction of sp³-hybridized carbons (Fsp3) is 0.214. The van der Waals surface area contributed by atoms with Crippen LogP contribution >= 0.6 is 38.9 Å². The van der Waals surface area contributed by atoms with E-state index in [-0.39, 0.29) is 0 Å². The van der Waals surface area contributed by atoms with Crippen molar-refractivity contribution in [2.75, 3.05) is 0 Å². The van der Waals surface area contributed by atoms with Gasteiger partial charge in [0.05, 0.1) is 5.69 Å². The fourth-order valence-electron chi connectivity index (χ4n) is 2.09. The molecule has 0 radical (unpaired) electrons. The molecule has 6 heteroatoms. The van der Waals surface area contributed by atoms with Crippen LogP contribution in [0.5, 0.6) is 11.6 Å². The third kappa shape index (κ3) is 2.34. The number of ether oxygens (including phenoxy) is 1. The predicted octanol–water partition coefficient (Wildman–Crippen LogP) is 5.35. The number of aromatic nitrogens is 2. The molecular formula is C14H12BrClN2OS. The van der Waals surface area contributed by atoms with E-state index in [2.05, 4.69) is 20.9 Å². The number of benzene rings is 1. The summed E-state index contributed by atoms with van der Waals surface area (Å²) >= 11 is 11.3. The maximum absolute atomic E-state index is 6.18. The monoisotopic (exact) mass is 370 g/mol. The molecule has 0 spiro atoms. The third-order valence-corrected chi connectivity index (χ3v) is 4.96. The minimum atomic E-state index is 0.634. The van der Waals surface area contributed by atoms with Gasteiger partial charge in [-0.1, -0.05) is 27.5 Å². The minimum Gasteiger partial charge on any atom is -0.437 e. The molecule has 3 aromatic rings. The first-order chi connectivity index (χ1) is 9.60. The van der Waals surface area contributed by atoms with E-state index in [0.29, 0.717) is 11.2 Å². The minimum absolute atomic E-state index is 0.634. The van der Waals surface area contributed by atoms with Gasteiger partial charge in [0, 0.05) is 21.9 Å². The number of alkyl halides is 1. The standard InChI is InChI=1S/C14H12BrClN2OS/c1-8-5-10(6-9(2)12(8)16)19-13-11(7-15)18-3-4-20-14(18)17-13/h3-6H,7H2,1-2H3. The van der Waals surface area contributed by atoms with E-state index in [1.807, 2.05) is 42.0 Å². The van der Waals surface area contributed by atoms with Crippen LogP contribution < -0.4 is 4.74 Å². The van der Waals surface area contributed by atoms with Crippen molar-refractivity contribution in [3.63, 3.8) is 0 Å². The fourth-order valence-corrected chi connectivity index (χ4v) is 3.44. The van der Waals surface area contributed by atoms with Crippen LogP contribution in [-0.4, -0.2) is 9.38 Å². The Labute approximate surface area is 134 Å². The Bertz CT molecular complexity index is 758. The highest BCUT2D eigenvalue weighted by Crippen LogP contribution is 2.32. The molecule has 0 aliphatic rings. The lowest BCUT2D eigenvalue weighted by Gasteiger charge is -2.08. The van der Waals surface area contributed by atoms with Crippen LogP contribution in [0.3, 0.4) is 0 Å². The lowest BCUT2D eigenvalue weighted by molar-refractivity contribution is 0.461. The van der Waals surface area contributed by atoms with Crippen LogP contribution in [-0.2, 0) is 5.33 Å². The summed E-state index contributed by atoms with van der Waals surface area (Å²) in [5, 5.41) is 3.48. The maximum atomic E-state index is 6.18. The molecule has 0 unspecified atom stereocenters. The molecule has 20 heavy (non-hydrogen) atoms. The maximum Gasteiger partial charge on any atom is 0.243 e. The van der Waals surface area contributed by atoms with Crippen molar-refractivity contribution in [2.24, 2.45) is 0 Å². The Hall–Kier alpha value is -1.04. The van der Waals surface area contributed by atoms with Gasteiger partial charge in [-0.25, -0.2) is 0 Å². The average Bonchev–Trinajstić information content (AvgIpc) is 2.96. The van der Waals surface area contributed by atoms with Crippen molar-refractivity contribution in [2.45, 2.75) is 19.2 Å². The predicted molar refractivity (Wildman–Crippen MR) is 86.7 cm³/mol. The molecule has 3 nitrogen and oxygen atoms in total. The van der Waals surface area contributed by atoms with Gasteiger partial charge in [0.2, 0.25) is 5.88 Å². The van der Waals surface area contributed by atoms with Crippen molar-refractivity contribution in [1.82, 2.24) is 9.38 Å². The first-order valence-electron chi connectivity index (χ1n) is 6.05. The van der Waals surface area contributed by atoms with Crippen molar-refractivity contribution in [1.29, 1.82) is 0 Å². The van der Waals surface area contributed by atoms with Crippen molar-refractivity contribution in [3.05, 3.63) is 45.6 Å². The number of aryl methyl sites for hydroxylation is 2. The molecule has 0 bridgehead atoms. The summed E-state index contributed by atoms with van der Waals surface area (Å²) in [5.41, 5.74) is 3.01. The number of hydrogen-bond donors (Lipinski definition) is 0. The van der Waals surface area contributed by atoms with E-state index in [9.17, 15) is 0 Å². The number of thiazole rings is 1. The highest BCUT2D eigenvalue weighted by Gasteiger charge is 2.15. The lowest BCUT2D eigenvalue weighted by Crippen LogP contribution is -1.92. The summed E-state index contributed by atoms with van der Waals surface area (Å²) in [6.07, 6.45) is 1.99. The van der Waals surface area contributed by atoms with Crippen molar-refractivity contribution in [3.8, 4) is 11.6 Å². The van der Waals surface area contributed by atoms with E-state index in [1.54, 1.807) is 11.3 Å². The number of imidazole rings is 1. The topological polar surface area (TPSA) is 26.5 Å². The largest absolute Gasteiger partial charge is 0.437 e. The van der Waals surface area contributed by atoms with Gasteiger partial charge in [-0.2, -0.15) is 4.98 Å². The second kappa shape index (κ2) is 5.39. The number of halogens is 2. The van der Waals surface area contributed by atoms with Crippen LogP contribution in [0.2, 0.25) is 5.02 Å². The number of hydrogen-bond acceptors (Lipinski definition) is 3. The first kappa shape index (κ1) is 13.9. The van der Waals surface area contributed by atoms with Gasteiger partial charge in [0.1, 0.15) is 5.75 Å². The van der Waals surface area contributed by atoms with Crippen molar-refractivity contribution < 1.29 is 4.74 Å². The molecule has 0 aliphatic carbocycles. The highest BCUT2D eigenvalue weighted by molar-refractivity contribution is 9.08. The SMILES string of the molecule is Cc1cc(Oc2nc3sccn3c2CBr)cc(C)c1Cl. The molecule has 0 N–H and O–H groups in total. The van der Waals surface area contributed by atoms with Gasteiger partial charge in [-0.15, -0.1) is 11.3 Å². The molecule has 2 heterocycles. The van der Waals surface area contributed by atoms with Crippen LogP contribution in [0.25, 0.3) is 4.96 Å². The Morgan fingerprint density at radius 3 is 2.70 bits per heavy atom. The molecule has 0 aliphatic heterocycles. The van der Waals surface area contributed by atoms with Gasteiger partial charge < -0.3 is 4.74 Å². The van der Waals surface area contributed by atoms with E-state index >= 15 is 0 Å². The molecule has 0 saturated heterocycles. The number of rotatable bonds is 3. The van der Waals surface area contributed by atoms with Gasteiger partial charge >= 0.3 is 0 Å². The van der Waals surface area contributed by atoms with E-state index in [1.165, 1.54) is 0 Å². The summed E-state index contributed by atoms with van der Waals surface area (Å²) in [6, 6.07) is 3.86. The Kier molecular flexibility index (Phi) is 3.75. The first-order valence-corrected chi connectivity index (χ1v) is 8.43. The molecule has 0 amide bonds. The second-order valence-corrected chi connectivity index (χ2v) is 6.34. The normalized spacial score (nSPS) is 11.2. The summed E-state index contributed by atoms with van der Waals surface area (Å²) in [4.78, 5) is 5.44. The zero-order valence-electron chi connectivity index (χ0n) is 11.0. The van der Waals surface area contributed by atoms with Gasteiger partial charge in [-0.05, 0) is 37.1 Å². The summed E-state index contributed by atoms with van der Waals surface area (Å²) in [5.74, 6) is 1.40. The number of nitrogens with zero attached hydrogens (tertiary/aromatic N) is 2. The van der Waals surface area contributed by atoms with Crippen LogP contribution in [0.4, 0.5) is 0 Å². The summed E-state index contributed by atoms with van der Waals surface area (Å²) in [7, 11) is 0. The van der Waals surface area contributed by atoms with Gasteiger partial charge in [-0.3, -0.25) is 4.40 Å². The molecular weight excluding hydrogens is 360 g/mol. The van der Waals surface area contributed by atoms with Crippen LogP contribution in [0, 0.1) is 13.8 Å². The zero-order chi connectivity index (χ0) is 14.3. The van der Waals surface area contributed by atoms with E-state index < -0.39 is 0 Å². The highest BCUT2D eigenvalue weighted by atomic mass is 79.9. The molecule has 2 aromatic heterocycles. The van der Waals surface area contributed by atoms with E-state index in [0.717, 1.165) is 32.6 Å². The zero-order valence-corrected chi connectivity index (χ0v) is 14.1. The quantitative estimate of drug-likeness (QED) is 0.580. The summed E-state index contributed by atoms with van der Waals surface area (Å²) < 4.78 is 7.98. The molecule has 1 aromatic carbocycles. The molecule has 3 rings (SSSR count). The Morgan fingerprint density at radius 1 is 1.35 bits per heavy atom. The molecule has 104 valence electrons. The van der Waals surface area contributed by atoms with Crippen LogP contribution in [0.15, 0.2) is 23.7 Å². The smallest absolute Gasteiger partial charge is 0.243 e. The molecule has 0 atom stereocenters.